The average molecular weight is 212 g/mol. The van der Waals surface area contributed by atoms with Gasteiger partial charge in [0.05, 0.1) is 10.7 Å². The second-order valence-corrected chi connectivity index (χ2v) is 4.36. The highest BCUT2D eigenvalue weighted by atomic mass is 35.5. The molecule has 0 radical (unpaired) electrons. The smallest absolute Gasteiger partial charge is 0.149 e. The summed E-state index contributed by atoms with van der Waals surface area (Å²) < 4.78 is 0. The lowest BCUT2D eigenvalue weighted by molar-refractivity contribution is 0.534. The van der Waals surface area contributed by atoms with Crippen LogP contribution in [-0.4, -0.2) is 17.6 Å². The quantitative estimate of drug-likeness (QED) is 0.750. The maximum absolute atomic E-state index is 5.85. The SMILES string of the molecule is CC(C)C1CNc2cc(Cl)cnc2N1. The van der Waals surface area contributed by atoms with Gasteiger partial charge in [0.1, 0.15) is 5.82 Å². The molecule has 1 aromatic heterocycles. The van der Waals surface area contributed by atoms with Crippen LogP contribution in [-0.2, 0) is 0 Å². The Morgan fingerprint density at radius 1 is 1.57 bits per heavy atom. The molecule has 1 atom stereocenters. The molecule has 0 amide bonds. The van der Waals surface area contributed by atoms with Crippen LogP contribution in [0.5, 0.6) is 0 Å². The van der Waals surface area contributed by atoms with Crippen molar-refractivity contribution >= 4 is 23.1 Å². The predicted octanol–water partition coefficient (Wildman–Crippen LogP) is 2.60. The van der Waals surface area contributed by atoms with E-state index in [1.165, 1.54) is 0 Å². The van der Waals surface area contributed by atoms with E-state index < -0.39 is 0 Å². The highest BCUT2D eigenvalue weighted by Crippen LogP contribution is 2.27. The molecule has 0 saturated carbocycles. The lowest BCUT2D eigenvalue weighted by atomic mass is 10.0. The largest absolute Gasteiger partial charge is 0.380 e. The van der Waals surface area contributed by atoms with Gasteiger partial charge in [0.15, 0.2) is 0 Å². The number of anilines is 2. The molecule has 1 aliphatic heterocycles. The topological polar surface area (TPSA) is 37.0 Å². The molecule has 76 valence electrons. The number of nitrogens with zero attached hydrogens (tertiary/aromatic N) is 1. The molecule has 0 aromatic carbocycles. The fourth-order valence-corrected chi connectivity index (χ4v) is 1.70. The van der Waals surface area contributed by atoms with Gasteiger partial charge in [-0.1, -0.05) is 25.4 Å². The van der Waals surface area contributed by atoms with E-state index in [0.717, 1.165) is 18.1 Å². The first-order chi connectivity index (χ1) is 6.66. The molecule has 0 saturated heterocycles. The van der Waals surface area contributed by atoms with Gasteiger partial charge in [-0.2, -0.15) is 0 Å². The van der Waals surface area contributed by atoms with Crippen molar-refractivity contribution in [3.05, 3.63) is 17.3 Å². The van der Waals surface area contributed by atoms with Crippen molar-refractivity contribution in [1.82, 2.24) is 4.98 Å². The first-order valence-corrected chi connectivity index (χ1v) is 5.20. The van der Waals surface area contributed by atoms with Crippen LogP contribution in [0.2, 0.25) is 5.02 Å². The molecule has 3 nitrogen and oxygen atoms in total. The van der Waals surface area contributed by atoms with Gasteiger partial charge in [0.2, 0.25) is 0 Å². The zero-order chi connectivity index (χ0) is 10.1. The van der Waals surface area contributed by atoms with Gasteiger partial charge < -0.3 is 10.6 Å². The van der Waals surface area contributed by atoms with Crippen LogP contribution in [0, 0.1) is 5.92 Å². The summed E-state index contributed by atoms with van der Waals surface area (Å²) in [4.78, 5) is 4.25. The van der Waals surface area contributed by atoms with Crippen LogP contribution in [0.3, 0.4) is 0 Å². The molecule has 0 aliphatic carbocycles. The zero-order valence-corrected chi connectivity index (χ0v) is 9.10. The lowest BCUT2D eigenvalue weighted by Crippen LogP contribution is -2.37. The monoisotopic (exact) mass is 211 g/mol. The number of halogens is 1. The minimum atomic E-state index is 0.441. The van der Waals surface area contributed by atoms with E-state index in [9.17, 15) is 0 Å². The molecule has 4 heteroatoms. The molecule has 2 heterocycles. The van der Waals surface area contributed by atoms with Crippen molar-refractivity contribution in [3.8, 4) is 0 Å². The third-order valence-corrected chi connectivity index (χ3v) is 2.70. The molecule has 14 heavy (non-hydrogen) atoms. The number of hydrogen-bond acceptors (Lipinski definition) is 3. The zero-order valence-electron chi connectivity index (χ0n) is 8.34. The molecule has 1 aromatic rings. The third kappa shape index (κ3) is 1.77. The molecule has 2 N–H and O–H groups in total. The van der Waals surface area contributed by atoms with Crippen LogP contribution in [0.4, 0.5) is 11.5 Å². The summed E-state index contributed by atoms with van der Waals surface area (Å²) in [5.41, 5.74) is 0.995. The van der Waals surface area contributed by atoms with E-state index in [0.29, 0.717) is 17.0 Å². The number of hydrogen-bond donors (Lipinski definition) is 2. The second-order valence-electron chi connectivity index (χ2n) is 3.93. The van der Waals surface area contributed by atoms with Crippen LogP contribution in [0.1, 0.15) is 13.8 Å². The summed E-state index contributed by atoms with van der Waals surface area (Å²) in [7, 11) is 0. The fraction of sp³-hybridized carbons (Fsp3) is 0.500. The number of rotatable bonds is 1. The van der Waals surface area contributed by atoms with Crippen LogP contribution in [0.25, 0.3) is 0 Å². The van der Waals surface area contributed by atoms with Gasteiger partial charge in [-0.25, -0.2) is 4.98 Å². The highest BCUT2D eigenvalue weighted by molar-refractivity contribution is 6.30. The van der Waals surface area contributed by atoms with Gasteiger partial charge in [-0.05, 0) is 12.0 Å². The summed E-state index contributed by atoms with van der Waals surface area (Å²) in [6, 6.07) is 2.34. The Hall–Kier alpha value is -0.960. The first-order valence-electron chi connectivity index (χ1n) is 4.83. The Bertz CT molecular complexity index is 338. The van der Waals surface area contributed by atoms with E-state index >= 15 is 0 Å². The fourth-order valence-electron chi connectivity index (χ4n) is 1.54. The summed E-state index contributed by atoms with van der Waals surface area (Å²) in [6.45, 7) is 5.31. The first kappa shape index (κ1) is 9.59. The molecule has 2 rings (SSSR count). The Morgan fingerprint density at radius 3 is 3.07 bits per heavy atom. The number of nitrogens with one attached hydrogen (secondary N) is 2. The molecule has 0 fully saturated rings. The maximum Gasteiger partial charge on any atom is 0.149 e. The normalized spacial score (nSPS) is 19.9. The van der Waals surface area contributed by atoms with Gasteiger partial charge >= 0.3 is 0 Å². The van der Waals surface area contributed by atoms with E-state index in [-0.39, 0.29) is 0 Å². The molecule has 1 aliphatic rings. The van der Waals surface area contributed by atoms with Crippen molar-refractivity contribution in [2.24, 2.45) is 5.92 Å². The molecular formula is C10H14ClN3. The van der Waals surface area contributed by atoms with Gasteiger partial charge in [0, 0.05) is 18.8 Å². The van der Waals surface area contributed by atoms with Crippen molar-refractivity contribution < 1.29 is 0 Å². The van der Waals surface area contributed by atoms with E-state index in [2.05, 4.69) is 29.5 Å². The standard InChI is InChI=1S/C10H14ClN3/c1-6(2)9-5-12-8-3-7(11)4-13-10(8)14-9/h3-4,6,9,12H,5H2,1-2H3,(H,13,14). The molecular weight excluding hydrogens is 198 g/mol. The lowest BCUT2D eigenvalue weighted by Gasteiger charge is -2.30. The molecule has 1 unspecified atom stereocenters. The Balaban J connectivity index is 2.23. The van der Waals surface area contributed by atoms with E-state index in [4.69, 9.17) is 11.6 Å². The van der Waals surface area contributed by atoms with Crippen LogP contribution in [0.15, 0.2) is 12.3 Å². The Morgan fingerprint density at radius 2 is 2.36 bits per heavy atom. The van der Waals surface area contributed by atoms with Gasteiger partial charge in [-0.15, -0.1) is 0 Å². The summed E-state index contributed by atoms with van der Waals surface area (Å²) in [5, 5.41) is 7.38. The Kier molecular flexibility index (Phi) is 2.50. The minimum absolute atomic E-state index is 0.441. The number of pyridine rings is 1. The third-order valence-electron chi connectivity index (χ3n) is 2.49. The predicted molar refractivity (Wildman–Crippen MR) is 60.0 cm³/mol. The highest BCUT2D eigenvalue weighted by Gasteiger charge is 2.20. The number of fused-ring (bicyclic) bond motifs is 1. The second kappa shape index (κ2) is 3.65. The average Bonchev–Trinajstić information content (AvgIpc) is 2.16. The van der Waals surface area contributed by atoms with E-state index in [1.807, 2.05) is 6.07 Å². The van der Waals surface area contributed by atoms with Gasteiger partial charge in [-0.3, -0.25) is 0 Å². The molecule has 0 spiro atoms. The van der Waals surface area contributed by atoms with Gasteiger partial charge in [0.25, 0.3) is 0 Å². The van der Waals surface area contributed by atoms with Crippen LogP contribution >= 0.6 is 11.6 Å². The molecule has 0 bridgehead atoms. The van der Waals surface area contributed by atoms with Crippen molar-refractivity contribution in [2.75, 3.05) is 17.2 Å². The summed E-state index contributed by atoms with van der Waals surface area (Å²) in [5.74, 6) is 1.49. The summed E-state index contributed by atoms with van der Waals surface area (Å²) in [6.07, 6.45) is 1.66. The Labute approximate surface area is 88.9 Å². The summed E-state index contributed by atoms with van der Waals surface area (Å²) >= 11 is 5.85. The van der Waals surface area contributed by atoms with Crippen LogP contribution < -0.4 is 10.6 Å². The maximum atomic E-state index is 5.85. The van der Waals surface area contributed by atoms with Crippen molar-refractivity contribution in [1.29, 1.82) is 0 Å². The van der Waals surface area contributed by atoms with Crippen molar-refractivity contribution in [2.45, 2.75) is 19.9 Å². The number of aromatic nitrogens is 1. The van der Waals surface area contributed by atoms with E-state index in [1.54, 1.807) is 6.20 Å². The van der Waals surface area contributed by atoms with Crippen molar-refractivity contribution in [3.63, 3.8) is 0 Å². The minimum Gasteiger partial charge on any atom is -0.380 e.